The molecule has 3 rings (SSSR count). The van der Waals surface area contributed by atoms with E-state index in [1.54, 1.807) is 5.38 Å². The van der Waals surface area contributed by atoms with Gasteiger partial charge in [0.1, 0.15) is 10.7 Å². The summed E-state index contributed by atoms with van der Waals surface area (Å²) in [5.74, 6) is -1.73. The summed E-state index contributed by atoms with van der Waals surface area (Å²) in [6.45, 7) is 0. The van der Waals surface area contributed by atoms with Gasteiger partial charge in [0, 0.05) is 17.0 Å². The molecule has 1 aliphatic rings. The van der Waals surface area contributed by atoms with Gasteiger partial charge in [0.05, 0.1) is 5.92 Å². The molecular formula is C17H17F3N2OS. The number of amides is 1. The molecule has 0 spiro atoms. The first-order valence-electron chi connectivity index (χ1n) is 7.82. The van der Waals surface area contributed by atoms with Crippen LogP contribution in [0.25, 0.3) is 10.6 Å². The summed E-state index contributed by atoms with van der Waals surface area (Å²) < 4.78 is 38.5. The third-order valence-electron chi connectivity index (χ3n) is 4.23. The van der Waals surface area contributed by atoms with Gasteiger partial charge in [-0.2, -0.15) is 13.2 Å². The van der Waals surface area contributed by atoms with E-state index in [2.05, 4.69) is 10.3 Å². The van der Waals surface area contributed by atoms with Gasteiger partial charge in [0.25, 0.3) is 5.91 Å². The summed E-state index contributed by atoms with van der Waals surface area (Å²) >= 11 is 1.35. The van der Waals surface area contributed by atoms with Gasteiger partial charge < -0.3 is 5.32 Å². The van der Waals surface area contributed by atoms with Gasteiger partial charge in [-0.3, -0.25) is 4.79 Å². The summed E-state index contributed by atoms with van der Waals surface area (Å²) in [4.78, 5) is 16.6. The zero-order valence-electron chi connectivity index (χ0n) is 12.8. The van der Waals surface area contributed by atoms with Crippen molar-refractivity contribution in [3.63, 3.8) is 0 Å². The number of aromatic nitrogens is 1. The van der Waals surface area contributed by atoms with E-state index >= 15 is 0 Å². The summed E-state index contributed by atoms with van der Waals surface area (Å²) in [7, 11) is 0. The van der Waals surface area contributed by atoms with Crippen LogP contribution in [0.1, 0.15) is 36.2 Å². The van der Waals surface area contributed by atoms with Crippen molar-refractivity contribution in [1.82, 2.24) is 10.3 Å². The lowest BCUT2D eigenvalue weighted by atomic mass is 9.85. The van der Waals surface area contributed by atoms with Crippen molar-refractivity contribution in [3.8, 4) is 10.6 Å². The lowest BCUT2D eigenvalue weighted by molar-refractivity contribution is -0.183. The number of benzene rings is 1. The van der Waals surface area contributed by atoms with Crippen molar-refractivity contribution in [2.45, 2.75) is 37.9 Å². The van der Waals surface area contributed by atoms with E-state index in [0.29, 0.717) is 12.8 Å². The summed E-state index contributed by atoms with van der Waals surface area (Å²) in [5.41, 5.74) is 1.17. The Balaban J connectivity index is 1.64. The van der Waals surface area contributed by atoms with Crippen molar-refractivity contribution in [2.24, 2.45) is 5.92 Å². The number of hydrogen-bond acceptors (Lipinski definition) is 3. The highest BCUT2D eigenvalue weighted by molar-refractivity contribution is 7.13. The maximum atomic E-state index is 12.8. The molecule has 1 N–H and O–H groups in total. The van der Waals surface area contributed by atoms with E-state index in [4.69, 9.17) is 0 Å². The second kappa shape index (κ2) is 6.93. The molecule has 2 unspecified atom stereocenters. The largest absolute Gasteiger partial charge is 0.391 e. The molecule has 24 heavy (non-hydrogen) atoms. The fourth-order valence-corrected chi connectivity index (χ4v) is 3.78. The second-order valence-electron chi connectivity index (χ2n) is 5.98. The Hall–Kier alpha value is -1.89. The van der Waals surface area contributed by atoms with Crippen LogP contribution < -0.4 is 5.32 Å². The van der Waals surface area contributed by atoms with Crippen LogP contribution in [0, 0.1) is 5.92 Å². The first kappa shape index (κ1) is 17.0. The number of halogens is 3. The Morgan fingerprint density at radius 3 is 2.67 bits per heavy atom. The number of hydrogen-bond donors (Lipinski definition) is 1. The fraction of sp³-hybridized carbons (Fsp3) is 0.412. The minimum Gasteiger partial charge on any atom is -0.348 e. The number of carbonyl (C=O) groups is 1. The highest BCUT2D eigenvalue weighted by Crippen LogP contribution is 2.37. The molecule has 1 fully saturated rings. The van der Waals surface area contributed by atoms with Crippen molar-refractivity contribution in [2.75, 3.05) is 0 Å². The molecule has 1 amide bonds. The summed E-state index contributed by atoms with van der Waals surface area (Å²) in [6, 6.07) is 9.02. The Kier molecular flexibility index (Phi) is 4.89. The van der Waals surface area contributed by atoms with E-state index in [1.165, 1.54) is 11.3 Å². The predicted molar refractivity (Wildman–Crippen MR) is 86.8 cm³/mol. The molecule has 1 aromatic carbocycles. The molecular weight excluding hydrogens is 337 g/mol. The average Bonchev–Trinajstić information content (AvgIpc) is 3.05. The molecule has 0 bridgehead atoms. The van der Waals surface area contributed by atoms with Crippen LogP contribution in [0.5, 0.6) is 0 Å². The molecule has 2 atom stereocenters. The van der Waals surface area contributed by atoms with Crippen molar-refractivity contribution < 1.29 is 18.0 Å². The van der Waals surface area contributed by atoms with Gasteiger partial charge in [0.2, 0.25) is 0 Å². The van der Waals surface area contributed by atoms with Crippen molar-refractivity contribution in [1.29, 1.82) is 0 Å². The van der Waals surface area contributed by atoms with Crippen molar-refractivity contribution >= 4 is 17.2 Å². The third-order valence-corrected chi connectivity index (χ3v) is 5.12. The first-order chi connectivity index (χ1) is 11.4. The van der Waals surface area contributed by atoms with E-state index < -0.39 is 24.0 Å². The Labute approximate surface area is 141 Å². The third kappa shape index (κ3) is 3.95. The fourth-order valence-electron chi connectivity index (χ4n) is 2.97. The van der Waals surface area contributed by atoms with E-state index in [-0.39, 0.29) is 18.5 Å². The number of carbonyl (C=O) groups excluding carboxylic acids is 1. The molecule has 1 heterocycles. The van der Waals surface area contributed by atoms with Crippen molar-refractivity contribution in [3.05, 3.63) is 41.4 Å². The molecule has 1 saturated carbocycles. The highest BCUT2D eigenvalue weighted by Gasteiger charge is 2.42. The lowest BCUT2D eigenvalue weighted by Gasteiger charge is -2.30. The molecule has 3 nitrogen and oxygen atoms in total. The van der Waals surface area contributed by atoms with Gasteiger partial charge in [-0.15, -0.1) is 11.3 Å². The van der Waals surface area contributed by atoms with E-state index in [9.17, 15) is 18.0 Å². The Morgan fingerprint density at radius 1 is 1.21 bits per heavy atom. The average molecular weight is 354 g/mol. The molecule has 2 aromatic rings. The summed E-state index contributed by atoms with van der Waals surface area (Å²) in [6.07, 6.45) is -3.05. The lowest BCUT2D eigenvalue weighted by Crippen LogP contribution is -2.41. The van der Waals surface area contributed by atoms with Crippen LogP contribution >= 0.6 is 11.3 Å². The van der Waals surface area contributed by atoms with Gasteiger partial charge in [-0.25, -0.2) is 4.98 Å². The second-order valence-corrected chi connectivity index (χ2v) is 6.84. The zero-order valence-corrected chi connectivity index (χ0v) is 13.7. The minimum atomic E-state index is -4.19. The number of nitrogens with one attached hydrogen (secondary N) is 1. The van der Waals surface area contributed by atoms with Gasteiger partial charge in [0.15, 0.2) is 0 Å². The first-order valence-corrected chi connectivity index (χ1v) is 8.70. The van der Waals surface area contributed by atoms with Gasteiger partial charge >= 0.3 is 6.18 Å². The smallest absolute Gasteiger partial charge is 0.348 e. The monoisotopic (exact) mass is 354 g/mol. The number of alkyl halides is 3. The van der Waals surface area contributed by atoms with E-state index in [0.717, 1.165) is 10.6 Å². The predicted octanol–water partition coefficient (Wildman–Crippen LogP) is 4.66. The van der Waals surface area contributed by atoms with Crippen LogP contribution in [0.3, 0.4) is 0 Å². The van der Waals surface area contributed by atoms with Gasteiger partial charge in [-0.05, 0) is 19.3 Å². The molecule has 7 heteroatoms. The van der Waals surface area contributed by atoms with Crippen LogP contribution in [-0.2, 0) is 0 Å². The maximum Gasteiger partial charge on any atom is 0.391 e. The quantitative estimate of drug-likeness (QED) is 0.871. The minimum absolute atomic E-state index is 0.0507. The normalized spacial score (nSPS) is 21.5. The Morgan fingerprint density at radius 2 is 1.96 bits per heavy atom. The number of thiazole rings is 1. The topological polar surface area (TPSA) is 42.0 Å². The van der Waals surface area contributed by atoms with Crippen LogP contribution in [0.2, 0.25) is 0 Å². The van der Waals surface area contributed by atoms with Crippen LogP contribution in [0.4, 0.5) is 13.2 Å². The number of rotatable bonds is 3. The highest BCUT2D eigenvalue weighted by atomic mass is 32.1. The SMILES string of the molecule is O=C(NC1CCCC(C(F)(F)F)C1)c1csc(-c2ccccc2)n1. The van der Waals surface area contributed by atoms with Crippen LogP contribution in [0.15, 0.2) is 35.7 Å². The maximum absolute atomic E-state index is 12.8. The molecule has 1 aliphatic carbocycles. The molecule has 0 saturated heterocycles. The molecule has 0 aliphatic heterocycles. The molecule has 128 valence electrons. The molecule has 1 aromatic heterocycles. The number of nitrogens with zero attached hydrogens (tertiary/aromatic N) is 1. The van der Waals surface area contributed by atoms with Crippen LogP contribution in [-0.4, -0.2) is 23.1 Å². The molecule has 0 radical (unpaired) electrons. The van der Waals surface area contributed by atoms with E-state index in [1.807, 2.05) is 30.3 Å². The zero-order chi connectivity index (χ0) is 17.2. The standard InChI is InChI=1S/C17H17F3N2OS/c18-17(19,20)12-7-4-8-13(9-12)21-15(23)14-10-24-16(22-14)11-5-2-1-3-6-11/h1-3,5-6,10,12-13H,4,7-9H2,(H,21,23). The Bertz CT molecular complexity index is 699. The van der Waals surface area contributed by atoms with Gasteiger partial charge in [-0.1, -0.05) is 36.8 Å². The summed E-state index contributed by atoms with van der Waals surface area (Å²) in [5, 5.41) is 5.07.